The van der Waals surface area contributed by atoms with E-state index in [0.717, 1.165) is 12.8 Å². The third-order valence-electron chi connectivity index (χ3n) is 3.20. The first-order valence-corrected chi connectivity index (χ1v) is 7.39. The van der Waals surface area contributed by atoms with Crippen molar-refractivity contribution in [1.29, 1.82) is 0 Å². The van der Waals surface area contributed by atoms with E-state index in [1.165, 1.54) is 18.2 Å². The van der Waals surface area contributed by atoms with Crippen LogP contribution >= 0.6 is 0 Å². The zero-order valence-corrected chi connectivity index (χ0v) is 12.8. The molecule has 0 saturated carbocycles. The molecule has 0 heterocycles. The molecule has 2 aromatic carbocycles. The number of non-ortho nitro benzene ring substituents is 1. The number of anilines is 1. The number of rotatable bonds is 7. The van der Waals surface area contributed by atoms with Gasteiger partial charge in [0.2, 0.25) is 0 Å². The molecule has 0 aliphatic rings. The maximum Gasteiger partial charge on any atom is 0.271 e. The van der Waals surface area contributed by atoms with Crippen LogP contribution in [0.15, 0.2) is 48.5 Å². The SMILES string of the molecule is CCCCOc1ccccc1C(=O)Nc1cccc([N+](=O)[O-])c1. The minimum Gasteiger partial charge on any atom is -0.493 e. The topological polar surface area (TPSA) is 81.5 Å². The van der Waals surface area contributed by atoms with Crippen molar-refractivity contribution in [3.05, 3.63) is 64.2 Å². The number of nitro benzene ring substituents is 1. The molecule has 0 bridgehead atoms. The van der Waals surface area contributed by atoms with Gasteiger partial charge < -0.3 is 10.1 Å². The third-order valence-corrected chi connectivity index (χ3v) is 3.20. The molecule has 0 aliphatic heterocycles. The second-order valence-electron chi connectivity index (χ2n) is 4.96. The summed E-state index contributed by atoms with van der Waals surface area (Å²) >= 11 is 0. The van der Waals surface area contributed by atoms with Gasteiger partial charge in [-0.05, 0) is 24.6 Å². The van der Waals surface area contributed by atoms with Gasteiger partial charge in [-0.1, -0.05) is 31.5 Å². The third kappa shape index (κ3) is 4.54. The zero-order chi connectivity index (χ0) is 16.7. The lowest BCUT2D eigenvalue weighted by atomic mass is 10.1. The van der Waals surface area contributed by atoms with Crippen LogP contribution < -0.4 is 10.1 Å². The molecule has 0 aromatic heterocycles. The average molecular weight is 314 g/mol. The molecular weight excluding hydrogens is 296 g/mol. The molecular formula is C17H18N2O4. The van der Waals surface area contributed by atoms with E-state index < -0.39 is 4.92 Å². The fraction of sp³-hybridized carbons (Fsp3) is 0.235. The summed E-state index contributed by atoms with van der Waals surface area (Å²) in [4.78, 5) is 22.7. The van der Waals surface area contributed by atoms with Crippen molar-refractivity contribution >= 4 is 17.3 Å². The first-order chi connectivity index (χ1) is 11.1. The van der Waals surface area contributed by atoms with Crippen LogP contribution in [0.2, 0.25) is 0 Å². The molecule has 0 saturated heterocycles. The highest BCUT2D eigenvalue weighted by Crippen LogP contribution is 2.22. The lowest BCUT2D eigenvalue weighted by molar-refractivity contribution is -0.384. The maximum atomic E-state index is 12.4. The van der Waals surface area contributed by atoms with Crippen molar-refractivity contribution in [3.63, 3.8) is 0 Å². The van der Waals surface area contributed by atoms with Crippen LogP contribution in [0.5, 0.6) is 5.75 Å². The van der Waals surface area contributed by atoms with Gasteiger partial charge in [0.1, 0.15) is 5.75 Å². The Bertz CT molecular complexity index is 700. The molecule has 0 aliphatic carbocycles. The highest BCUT2D eigenvalue weighted by atomic mass is 16.6. The van der Waals surface area contributed by atoms with E-state index in [1.807, 2.05) is 0 Å². The van der Waals surface area contributed by atoms with Crippen molar-refractivity contribution < 1.29 is 14.5 Å². The summed E-state index contributed by atoms with van der Waals surface area (Å²) in [6.45, 7) is 2.60. The van der Waals surface area contributed by atoms with E-state index in [4.69, 9.17) is 4.74 Å². The number of nitrogens with zero attached hydrogens (tertiary/aromatic N) is 1. The molecule has 0 fully saturated rings. The molecule has 6 heteroatoms. The summed E-state index contributed by atoms with van der Waals surface area (Å²) in [5, 5.41) is 13.4. The first-order valence-electron chi connectivity index (χ1n) is 7.39. The van der Waals surface area contributed by atoms with E-state index in [0.29, 0.717) is 23.6 Å². The Balaban J connectivity index is 2.14. The van der Waals surface area contributed by atoms with E-state index >= 15 is 0 Å². The van der Waals surface area contributed by atoms with Gasteiger partial charge in [-0.15, -0.1) is 0 Å². The molecule has 0 unspecified atom stereocenters. The first kappa shape index (κ1) is 16.5. The van der Waals surface area contributed by atoms with Crippen molar-refractivity contribution in [3.8, 4) is 5.75 Å². The van der Waals surface area contributed by atoms with Crippen molar-refractivity contribution in [1.82, 2.24) is 0 Å². The number of hydrogen-bond acceptors (Lipinski definition) is 4. The van der Waals surface area contributed by atoms with E-state index in [-0.39, 0.29) is 11.6 Å². The fourth-order valence-corrected chi connectivity index (χ4v) is 2.00. The van der Waals surface area contributed by atoms with Gasteiger partial charge in [0.15, 0.2) is 0 Å². The molecule has 120 valence electrons. The molecule has 2 aromatic rings. The van der Waals surface area contributed by atoms with Crippen LogP contribution in [0, 0.1) is 10.1 Å². The van der Waals surface area contributed by atoms with Gasteiger partial charge in [-0.25, -0.2) is 0 Å². The number of ether oxygens (including phenoxy) is 1. The molecule has 0 spiro atoms. The lowest BCUT2D eigenvalue weighted by Crippen LogP contribution is -2.14. The molecule has 0 radical (unpaired) electrons. The zero-order valence-electron chi connectivity index (χ0n) is 12.8. The van der Waals surface area contributed by atoms with E-state index in [1.54, 1.807) is 30.3 Å². The Labute approximate surface area is 134 Å². The predicted molar refractivity (Wildman–Crippen MR) is 87.9 cm³/mol. The Morgan fingerprint density at radius 2 is 2.00 bits per heavy atom. The molecule has 6 nitrogen and oxygen atoms in total. The lowest BCUT2D eigenvalue weighted by Gasteiger charge is -2.11. The number of carbonyl (C=O) groups is 1. The van der Waals surface area contributed by atoms with Gasteiger partial charge in [0, 0.05) is 17.8 Å². The predicted octanol–water partition coefficient (Wildman–Crippen LogP) is 4.03. The normalized spacial score (nSPS) is 10.1. The van der Waals surface area contributed by atoms with Crippen LogP contribution in [-0.2, 0) is 0 Å². The summed E-state index contributed by atoms with van der Waals surface area (Å²) in [5.74, 6) is 0.140. The monoisotopic (exact) mass is 314 g/mol. The number of benzene rings is 2. The summed E-state index contributed by atoms with van der Waals surface area (Å²) in [5.41, 5.74) is 0.693. The van der Waals surface area contributed by atoms with Crippen LogP contribution in [0.25, 0.3) is 0 Å². The Kier molecular flexibility index (Phi) is 5.68. The second-order valence-corrected chi connectivity index (χ2v) is 4.96. The van der Waals surface area contributed by atoms with Crippen LogP contribution in [0.3, 0.4) is 0 Å². The van der Waals surface area contributed by atoms with Gasteiger partial charge in [-0.3, -0.25) is 14.9 Å². The Hall–Kier alpha value is -2.89. The van der Waals surface area contributed by atoms with Gasteiger partial charge in [-0.2, -0.15) is 0 Å². The number of carbonyl (C=O) groups excluding carboxylic acids is 1. The van der Waals surface area contributed by atoms with Crippen LogP contribution in [0.1, 0.15) is 30.1 Å². The molecule has 2 rings (SSSR count). The number of nitro groups is 1. The molecule has 0 atom stereocenters. The van der Waals surface area contributed by atoms with Gasteiger partial charge in [0.25, 0.3) is 11.6 Å². The van der Waals surface area contributed by atoms with Crippen molar-refractivity contribution in [2.45, 2.75) is 19.8 Å². The molecule has 1 amide bonds. The standard InChI is InChI=1S/C17H18N2O4/c1-2-3-11-23-16-10-5-4-9-15(16)17(20)18-13-7-6-8-14(12-13)19(21)22/h4-10,12H,2-3,11H2,1H3,(H,18,20). The highest BCUT2D eigenvalue weighted by molar-refractivity contribution is 6.06. The molecule has 1 N–H and O–H groups in total. The largest absolute Gasteiger partial charge is 0.493 e. The number of para-hydroxylation sites is 1. The second kappa shape index (κ2) is 7.93. The van der Waals surface area contributed by atoms with Gasteiger partial charge in [0.05, 0.1) is 17.1 Å². The Morgan fingerprint density at radius 1 is 1.22 bits per heavy atom. The fourth-order valence-electron chi connectivity index (χ4n) is 2.00. The highest BCUT2D eigenvalue weighted by Gasteiger charge is 2.13. The quantitative estimate of drug-likeness (QED) is 0.475. The summed E-state index contributed by atoms with van der Waals surface area (Å²) < 4.78 is 5.63. The van der Waals surface area contributed by atoms with Crippen LogP contribution in [-0.4, -0.2) is 17.4 Å². The smallest absolute Gasteiger partial charge is 0.271 e. The number of hydrogen-bond donors (Lipinski definition) is 1. The maximum absolute atomic E-state index is 12.4. The summed E-state index contributed by atoms with van der Waals surface area (Å²) in [6.07, 6.45) is 1.91. The number of nitrogens with one attached hydrogen (secondary N) is 1. The van der Waals surface area contributed by atoms with E-state index in [2.05, 4.69) is 12.2 Å². The number of unbranched alkanes of at least 4 members (excludes halogenated alkanes) is 1. The average Bonchev–Trinajstić information content (AvgIpc) is 2.55. The number of amides is 1. The Morgan fingerprint density at radius 3 is 2.74 bits per heavy atom. The van der Waals surface area contributed by atoms with E-state index in [9.17, 15) is 14.9 Å². The van der Waals surface area contributed by atoms with Gasteiger partial charge >= 0.3 is 0 Å². The summed E-state index contributed by atoms with van der Waals surface area (Å²) in [6, 6.07) is 12.8. The summed E-state index contributed by atoms with van der Waals surface area (Å²) in [7, 11) is 0. The van der Waals surface area contributed by atoms with Crippen molar-refractivity contribution in [2.24, 2.45) is 0 Å². The van der Waals surface area contributed by atoms with Crippen LogP contribution in [0.4, 0.5) is 11.4 Å². The minimum absolute atomic E-state index is 0.0738. The van der Waals surface area contributed by atoms with Crippen molar-refractivity contribution in [2.75, 3.05) is 11.9 Å². The molecule has 23 heavy (non-hydrogen) atoms. The minimum atomic E-state index is -0.503.